The van der Waals surface area contributed by atoms with Crippen molar-refractivity contribution in [3.05, 3.63) is 41.0 Å². The average Bonchev–Trinajstić information content (AvgIpc) is 3.37. The first kappa shape index (κ1) is 16.5. The Balaban J connectivity index is 1.32. The molecule has 5 heterocycles. The Morgan fingerprint density at radius 1 is 1.18 bits per heavy atom. The zero-order chi connectivity index (χ0) is 19.1. The second-order valence-corrected chi connectivity index (χ2v) is 6.70. The first-order valence-corrected chi connectivity index (χ1v) is 8.96. The number of hydrogen-bond acceptors (Lipinski definition) is 9. The molecule has 4 aromatic heterocycles. The summed E-state index contributed by atoms with van der Waals surface area (Å²) in [6.07, 6.45) is 7.96. The van der Waals surface area contributed by atoms with Crippen LogP contribution in [0.5, 0.6) is 0 Å². The number of aromatic nitrogens is 8. The smallest absolute Gasteiger partial charge is 0.263 e. The highest BCUT2D eigenvalue weighted by molar-refractivity contribution is 5.74. The van der Waals surface area contributed by atoms with Crippen molar-refractivity contribution in [3.8, 4) is 11.5 Å². The summed E-state index contributed by atoms with van der Waals surface area (Å²) in [5, 5.41) is 8.61. The number of rotatable bonds is 3. The fourth-order valence-corrected chi connectivity index (χ4v) is 3.43. The van der Waals surface area contributed by atoms with Gasteiger partial charge in [0.15, 0.2) is 5.65 Å². The predicted octanol–water partition coefficient (Wildman–Crippen LogP) is 0.881. The number of piperidine rings is 1. The van der Waals surface area contributed by atoms with Crippen LogP contribution in [-0.2, 0) is 7.05 Å². The minimum atomic E-state index is -0.180. The van der Waals surface area contributed by atoms with Crippen molar-refractivity contribution >= 4 is 17.0 Å². The minimum absolute atomic E-state index is 0.154. The number of anilines is 1. The summed E-state index contributed by atoms with van der Waals surface area (Å²) < 4.78 is 7.05. The molecule has 142 valence electrons. The Labute approximate surface area is 158 Å². The zero-order valence-electron chi connectivity index (χ0n) is 15.1. The van der Waals surface area contributed by atoms with Crippen LogP contribution < -0.4 is 10.5 Å². The highest BCUT2D eigenvalue weighted by Crippen LogP contribution is 2.29. The molecule has 0 bridgehead atoms. The van der Waals surface area contributed by atoms with Crippen LogP contribution in [0, 0.1) is 0 Å². The molecule has 0 saturated carbocycles. The van der Waals surface area contributed by atoms with E-state index >= 15 is 0 Å². The molecule has 0 unspecified atom stereocenters. The van der Waals surface area contributed by atoms with Gasteiger partial charge in [-0.3, -0.25) is 19.4 Å². The number of H-pyrrole nitrogens is 1. The van der Waals surface area contributed by atoms with Crippen molar-refractivity contribution < 1.29 is 4.52 Å². The molecule has 11 nitrogen and oxygen atoms in total. The lowest BCUT2D eigenvalue weighted by Gasteiger charge is -2.30. The summed E-state index contributed by atoms with van der Waals surface area (Å²) in [6, 6.07) is 0. The quantitative estimate of drug-likeness (QED) is 0.551. The summed E-state index contributed by atoms with van der Waals surface area (Å²) in [5.41, 5.74) is 0.980. The summed E-state index contributed by atoms with van der Waals surface area (Å²) >= 11 is 0. The molecule has 28 heavy (non-hydrogen) atoms. The zero-order valence-corrected chi connectivity index (χ0v) is 15.1. The van der Waals surface area contributed by atoms with E-state index in [0.29, 0.717) is 34.4 Å². The van der Waals surface area contributed by atoms with E-state index < -0.39 is 0 Å². The van der Waals surface area contributed by atoms with Gasteiger partial charge in [0, 0.05) is 38.4 Å². The van der Waals surface area contributed by atoms with Gasteiger partial charge in [0.2, 0.25) is 17.7 Å². The van der Waals surface area contributed by atoms with Gasteiger partial charge in [-0.25, -0.2) is 4.98 Å². The summed E-state index contributed by atoms with van der Waals surface area (Å²) in [6.45, 7) is 1.44. The third-order valence-electron chi connectivity index (χ3n) is 4.97. The Bertz CT molecular complexity index is 1170. The molecule has 1 saturated heterocycles. The fraction of sp³-hybridized carbons (Fsp3) is 0.353. The number of nitrogens with zero attached hydrogens (tertiary/aromatic N) is 8. The van der Waals surface area contributed by atoms with Crippen LogP contribution in [-0.4, -0.2) is 52.9 Å². The van der Waals surface area contributed by atoms with Crippen LogP contribution in [0.15, 0.2) is 34.1 Å². The van der Waals surface area contributed by atoms with Crippen molar-refractivity contribution in [2.24, 2.45) is 7.05 Å². The maximum Gasteiger partial charge on any atom is 0.263 e. The van der Waals surface area contributed by atoms with Crippen LogP contribution in [0.3, 0.4) is 0 Å². The summed E-state index contributed by atoms with van der Waals surface area (Å²) in [4.78, 5) is 34.4. The Morgan fingerprint density at radius 2 is 2.04 bits per heavy atom. The molecule has 1 aliphatic rings. The van der Waals surface area contributed by atoms with Crippen LogP contribution >= 0.6 is 0 Å². The second-order valence-electron chi connectivity index (χ2n) is 6.70. The number of aryl methyl sites for hydroxylation is 1. The van der Waals surface area contributed by atoms with Crippen molar-refractivity contribution in [1.29, 1.82) is 0 Å². The molecule has 5 rings (SSSR count). The summed E-state index contributed by atoms with van der Waals surface area (Å²) in [5.74, 6) is 1.76. The average molecular weight is 379 g/mol. The summed E-state index contributed by atoms with van der Waals surface area (Å²) in [7, 11) is 1.77. The molecule has 0 spiro atoms. The lowest BCUT2D eigenvalue weighted by Crippen LogP contribution is -2.35. The van der Waals surface area contributed by atoms with Crippen molar-refractivity contribution in [3.63, 3.8) is 0 Å². The molecule has 1 aliphatic heterocycles. The van der Waals surface area contributed by atoms with Crippen LogP contribution in [0.25, 0.3) is 22.6 Å². The highest BCUT2D eigenvalue weighted by atomic mass is 16.5. The Hall–Kier alpha value is -3.63. The van der Waals surface area contributed by atoms with E-state index in [2.05, 4.69) is 40.1 Å². The van der Waals surface area contributed by atoms with Gasteiger partial charge in [-0.05, 0) is 12.8 Å². The van der Waals surface area contributed by atoms with E-state index in [-0.39, 0.29) is 11.5 Å². The lowest BCUT2D eigenvalue weighted by molar-refractivity contribution is 0.329. The van der Waals surface area contributed by atoms with Gasteiger partial charge in [0.1, 0.15) is 11.1 Å². The van der Waals surface area contributed by atoms with Crippen molar-refractivity contribution in [1.82, 2.24) is 39.9 Å². The lowest BCUT2D eigenvalue weighted by atomic mass is 9.97. The van der Waals surface area contributed by atoms with Crippen molar-refractivity contribution in [2.45, 2.75) is 18.8 Å². The van der Waals surface area contributed by atoms with Crippen LogP contribution in [0.4, 0.5) is 5.95 Å². The van der Waals surface area contributed by atoms with Gasteiger partial charge in [-0.15, -0.1) is 0 Å². The molecule has 4 aromatic rings. The van der Waals surface area contributed by atoms with E-state index in [4.69, 9.17) is 4.52 Å². The maximum atomic E-state index is 12.3. The normalized spacial score (nSPS) is 15.4. The van der Waals surface area contributed by atoms with Gasteiger partial charge in [0.25, 0.3) is 5.56 Å². The Morgan fingerprint density at radius 3 is 2.82 bits per heavy atom. The molecular weight excluding hydrogens is 362 g/mol. The van der Waals surface area contributed by atoms with E-state index in [0.717, 1.165) is 25.9 Å². The van der Waals surface area contributed by atoms with Crippen LogP contribution in [0.2, 0.25) is 0 Å². The standard InChI is InChI=1S/C17H17N9O2/c1-25-14-11(8-20-25)15(27)23-17(22-14)26-6-2-10(3-7-26)16-21-13(24-28-16)12-9-18-4-5-19-12/h4-5,8-10H,2-3,6-7H2,1H3,(H,22,23,27). The van der Waals surface area contributed by atoms with Gasteiger partial charge < -0.3 is 9.42 Å². The van der Waals surface area contributed by atoms with E-state index in [1.807, 2.05) is 0 Å². The third kappa shape index (κ3) is 2.80. The minimum Gasteiger partial charge on any atom is -0.342 e. The molecule has 1 fully saturated rings. The van der Waals surface area contributed by atoms with E-state index in [9.17, 15) is 4.79 Å². The van der Waals surface area contributed by atoms with Gasteiger partial charge in [-0.2, -0.15) is 15.1 Å². The molecule has 11 heteroatoms. The van der Waals surface area contributed by atoms with Gasteiger partial charge in [-0.1, -0.05) is 5.16 Å². The topological polar surface area (TPSA) is 132 Å². The van der Waals surface area contributed by atoms with E-state index in [1.54, 1.807) is 30.3 Å². The monoisotopic (exact) mass is 379 g/mol. The number of aromatic amines is 1. The molecule has 0 radical (unpaired) electrons. The highest BCUT2D eigenvalue weighted by Gasteiger charge is 2.27. The second kappa shape index (κ2) is 6.51. The molecular formula is C17H17N9O2. The number of fused-ring (bicyclic) bond motifs is 1. The van der Waals surface area contributed by atoms with Crippen molar-refractivity contribution in [2.75, 3.05) is 18.0 Å². The van der Waals surface area contributed by atoms with Gasteiger partial charge >= 0.3 is 0 Å². The first-order valence-electron chi connectivity index (χ1n) is 8.96. The fourth-order valence-electron chi connectivity index (χ4n) is 3.43. The predicted molar refractivity (Wildman–Crippen MR) is 98.6 cm³/mol. The third-order valence-corrected chi connectivity index (χ3v) is 4.97. The molecule has 0 aliphatic carbocycles. The number of hydrogen-bond donors (Lipinski definition) is 1. The first-order chi connectivity index (χ1) is 13.7. The molecule has 0 amide bonds. The van der Waals surface area contributed by atoms with Crippen LogP contribution in [0.1, 0.15) is 24.7 Å². The molecule has 1 N–H and O–H groups in total. The van der Waals surface area contributed by atoms with E-state index in [1.165, 1.54) is 6.20 Å². The SMILES string of the molecule is Cn1ncc2c(=O)[nH]c(N3CCC(c4nc(-c5cnccn5)no4)CC3)nc21. The van der Waals surface area contributed by atoms with Gasteiger partial charge in [0.05, 0.1) is 12.4 Å². The largest absolute Gasteiger partial charge is 0.342 e. The Kier molecular flexibility index (Phi) is 3.85. The molecule has 0 aromatic carbocycles. The molecule has 0 atom stereocenters. The number of nitrogens with one attached hydrogen (secondary N) is 1. The maximum absolute atomic E-state index is 12.3.